The van der Waals surface area contributed by atoms with E-state index in [1.807, 2.05) is 24.3 Å². The van der Waals surface area contributed by atoms with E-state index in [0.717, 1.165) is 34.3 Å². The second-order valence-corrected chi connectivity index (χ2v) is 6.81. The number of aryl methyl sites for hydroxylation is 2. The highest BCUT2D eigenvalue weighted by Gasteiger charge is 2.22. The summed E-state index contributed by atoms with van der Waals surface area (Å²) in [5.41, 5.74) is 9.55. The molecule has 21 heavy (non-hydrogen) atoms. The monoisotopic (exact) mass is 315 g/mol. The summed E-state index contributed by atoms with van der Waals surface area (Å²) >= 11 is 7.99. The molecule has 1 aromatic carbocycles. The van der Waals surface area contributed by atoms with Crippen molar-refractivity contribution in [1.29, 1.82) is 0 Å². The molecule has 3 nitrogen and oxygen atoms in total. The molecule has 4 rings (SSSR count). The van der Waals surface area contributed by atoms with Gasteiger partial charge < -0.3 is 5.73 Å². The predicted octanol–water partition coefficient (Wildman–Crippen LogP) is 3.88. The Labute approximate surface area is 131 Å². The topological polar surface area (TPSA) is 51.8 Å². The Bertz CT molecular complexity index is 806. The van der Waals surface area contributed by atoms with Gasteiger partial charge in [0.25, 0.3) is 0 Å². The van der Waals surface area contributed by atoms with Crippen LogP contribution < -0.4 is 5.73 Å². The summed E-state index contributed by atoms with van der Waals surface area (Å²) in [5, 5.41) is 2.63. The first-order chi connectivity index (χ1) is 10.2. The van der Waals surface area contributed by atoms with Gasteiger partial charge in [0, 0.05) is 27.0 Å². The van der Waals surface area contributed by atoms with Crippen LogP contribution in [0.2, 0.25) is 5.02 Å². The van der Waals surface area contributed by atoms with Crippen LogP contribution in [0.15, 0.2) is 30.5 Å². The van der Waals surface area contributed by atoms with Crippen molar-refractivity contribution in [1.82, 2.24) is 9.97 Å². The smallest absolute Gasteiger partial charge is 0.115 e. The van der Waals surface area contributed by atoms with Crippen LogP contribution in [0.5, 0.6) is 0 Å². The van der Waals surface area contributed by atoms with E-state index >= 15 is 0 Å². The number of hydrogen-bond donors (Lipinski definition) is 1. The van der Waals surface area contributed by atoms with E-state index in [0.29, 0.717) is 5.02 Å². The van der Waals surface area contributed by atoms with Crippen molar-refractivity contribution in [2.24, 2.45) is 5.73 Å². The second kappa shape index (κ2) is 5.05. The number of thiazole rings is 1. The molecular weight excluding hydrogens is 302 g/mol. The lowest BCUT2D eigenvalue weighted by molar-refractivity contribution is 0.837. The third-order valence-electron chi connectivity index (χ3n) is 3.96. The van der Waals surface area contributed by atoms with Crippen molar-refractivity contribution in [2.75, 3.05) is 0 Å². The Kier molecular flexibility index (Phi) is 3.17. The number of hydrogen-bond acceptors (Lipinski definition) is 4. The molecule has 3 aromatic rings. The third kappa shape index (κ3) is 2.14. The average molecular weight is 316 g/mol. The Hall–Kier alpha value is -1.49. The van der Waals surface area contributed by atoms with E-state index in [1.54, 1.807) is 17.5 Å². The summed E-state index contributed by atoms with van der Waals surface area (Å²) in [5.74, 6) is 0. The van der Waals surface area contributed by atoms with Gasteiger partial charge in [0.2, 0.25) is 0 Å². The molecule has 0 bridgehead atoms. The lowest BCUT2D eigenvalue weighted by Crippen LogP contribution is -2.12. The van der Waals surface area contributed by atoms with Crippen LogP contribution >= 0.6 is 22.9 Å². The molecule has 0 saturated carbocycles. The average Bonchev–Trinajstić information content (AvgIpc) is 3.08. The molecule has 5 heteroatoms. The highest BCUT2D eigenvalue weighted by molar-refractivity contribution is 7.11. The molecule has 106 valence electrons. The van der Waals surface area contributed by atoms with Gasteiger partial charge >= 0.3 is 0 Å². The maximum atomic E-state index is 6.46. The molecule has 0 spiro atoms. The summed E-state index contributed by atoms with van der Waals surface area (Å²) in [4.78, 5) is 10.6. The first-order valence-corrected chi connectivity index (χ1v) is 8.20. The standard InChI is InChI=1S/C16H14ClN3S/c17-11-7-6-10(15-9(11)3-2-8-19-15)14(18)16-20-12-4-1-5-13(12)21-16/h2-3,6-8,14H,1,4-5,18H2. The summed E-state index contributed by atoms with van der Waals surface area (Å²) in [7, 11) is 0. The zero-order chi connectivity index (χ0) is 14.4. The quantitative estimate of drug-likeness (QED) is 0.780. The highest BCUT2D eigenvalue weighted by Crippen LogP contribution is 2.35. The summed E-state index contributed by atoms with van der Waals surface area (Å²) in [6.45, 7) is 0. The number of rotatable bonds is 2. The van der Waals surface area contributed by atoms with Gasteiger partial charge in [-0.15, -0.1) is 11.3 Å². The summed E-state index contributed by atoms with van der Waals surface area (Å²) in [6.07, 6.45) is 5.21. The van der Waals surface area contributed by atoms with Crippen molar-refractivity contribution in [2.45, 2.75) is 25.3 Å². The zero-order valence-corrected chi connectivity index (χ0v) is 12.9. The van der Waals surface area contributed by atoms with Crippen molar-refractivity contribution in [3.8, 4) is 0 Å². The van der Waals surface area contributed by atoms with Crippen LogP contribution in [0.1, 0.15) is 33.6 Å². The summed E-state index contributed by atoms with van der Waals surface area (Å²) in [6, 6.07) is 7.48. The van der Waals surface area contributed by atoms with Gasteiger partial charge in [-0.3, -0.25) is 4.98 Å². The molecule has 0 fully saturated rings. The van der Waals surface area contributed by atoms with Gasteiger partial charge in [0.15, 0.2) is 0 Å². The molecule has 0 saturated heterocycles. The molecule has 1 unspecified atom stereocenters. The van der Waals surface area contributed by atoms with E-state index in [2.05, 4.69) is 4.98 Å². The minimum atomic E-state index is -0.240. The second-order valence-electron chi connectivity index (χ2n) is 5.29. The van der Waals surface area contributed by atoms with E-state index < -0.39 is 0 Å². The Morgan fingerprint density at radius 3 is 3.00 bits per heavy atom. The SMILES string of the molecule is NC(c1nc2c(s1)CCC2)c1ccc(Cl)c2cccnc12. The lowest BCUT2D eigenvalue weighted by atomic mass is 10.0. The molecule has 2 heterocycles. The Morgan fingerprint density at radius 1 is 1.24 bits per heavy atom. The van der Waals surface area contributed by atoms with Crippen LogP contribution in [0.4, 0.5) is 0 Å². The van der Waals surface area contributed by atoms with E-state index in [1.165, 1.54) is 17.0 Å². The number of fused-ring (bicyclic) bond motifs is 2. The highest BCUT2D eigenvalue weighted by atomic mass is 35.5. The van der Waals surface area contributed by atoms with E-state index in [-0.39, 0.29) is 6.04 Å². The van der Waals surface area contributed by atoms with Gasteiger partial charge in [-0.1, -0.05) is 17.7 Å². The van der Waals surface area contributed by atoms with E-state index in [4.69, 9.17) is 22.3 Å². The lowest BCUT2D eigenvalue weighted by Gasteiger charge is -2.12. The summed E-state index contributed by atoms with van der Waals surface area (Å²) < 4.78 is 0. The largest absolute Gasteiger partial charge is 0.318 e. The molecule has 1 atom stereocenters. The van der Waals surface area contributed by atoms with Crippen LogP contribution in [0, 0.1) is 0 Å². The third-order valence-corrected chi connectivity index (χ3v) is 5.53. The normalized spacial score (nSPS) is 15.3. The molecule has 2 aromatic heterocycles. The Morgan fingerprint density at radius 2 is 2.14 bits per heavy atom. The van der Waals surface area contributed by atoms with Crippen molar-refractivity contribution in [3.05, 3.63) is 56.6 Å². The van der Waals surface area contributed by atoms with Gasteiger partial charge in [-0.25, -0.2) is 4.98 Å². The minimum absolute atomic E-state index is 0.240. The van der Waals surface area contributed by atoms with E-state index in [9.17, 15) is 0 Å². The molecule has 1 aliphatic rings. The number of halogens is 1. The van der Waals surface area contributed by atoms with Crippen molar-refractivity contribution < 1.29 is 0 Å². The van der Waals surface area contributed by atoms with Crippen molar-refractivity contribution in [3.63, 3.8) is 0 Å². The van der Waals surface area contributed by atoms with Gasteiger partial charge in [-0.05, 0) is 37.5 Å². The Balaban J connectivity index is 1.83. The fourth-order valence-corrected chi connectivity index (χ4v) is 4.28. The fourth-order valence-electron chi connectivity index (χ4n) is 2.89. The van der Waals surface area contributed by atoms with Crippen LogP contribution in [0.25, 0.3) is 10.9 Å². The molecule has 2 N–H and O–H groups in total. The first kappa shape index (κ1) is 13.2. The van der Waals surface area contributed by atoms with Crippen LogP contribution in [-0.2, 0) is 12.8 Å². The maximum Gasteiger partial charge on any atom is 0.115 e. The van der Waals surface area contributed by atoms with Crippen molar-refractivity contribution >= 4 is 33.8 Å². The minimum Gasteiger partial charge on any atom is -0.318 e. The first-order valence-electron chi connectivity index (χ1n) is 7.01. The number of aromatic nitrogens is 2. The van der Waals surface area contributed by atoms with Gasteiger partial charge in [-0.2, -0.15) is 0 Å². The number of nitrogens with zero attached hydrogens (tertiary/aromatic N) is 2. The molecule has 0 aliphatic heterocycles. The molecular formula is C16H14ClN3S. The van der Waals surface area contributed by atoms with Crippen LogP contribution in [-0.4, -0.2) is 9.97 Å². The van der Waals surface area contributed by atoms with Gasteiger partial charge in [0.1, 0.15) is 5.01 Å². The number of nitrogens with two attached hydrogens (primary N) is 1. The molecule has 0 radical (unpaired) electrons. The number of benzene rings is 1. The number of pyridine rings is 1. The molecule has 0 amide bonds. The zero-order valence-electron chi connectivity index (χ0n) is 11.3. The predicted molar refractivity (Wildman–Crippen MR) is 86.9 cm³/mol. The fraction of sp³-hybridized carbons (Fsp3) is 0.250. The maximum absolute atomic E-state index is 6.46. The van der Waals surface area contributed by atoms with Gasteiger partial charge in [0.05, 0.1) is 17.3 Å². The molecule has 1 aliphatic carbocycles. The van der Waals surface area contributed by atoms with Crippen LogP contribution in [0.3, 0.4) is 0 Å².